The largest absolute Gasteiger partial charge is 0.236 e. The molecule has 0 fully saturated rings. The molecule has 0 bridgehead atoms. The third-order valence-electron chi connectivity index (χ3n) is 11.4. The lowest BCUT2D eigenvalue weighted by molar-refractivity contribution is 0.658. The van der Waals surface area contributed by atoms with E-state index < -0.39 is 0 Å². The van der Waals surface area contributed by atoms with Gasteiger partial charge in [-0.15, -0.1) is 0 Å². The molecule has 1 aromatic heterocycles. The van der Waals surface area contributed by atoms with Gasteiger partial charge in [-0.1, -0.05) is 160 Å². The maximum Gasteiger partial charge on any atom is 0.116 e. The van der Waals surface area contributed by atoms with E-state index >= 15 is 0 Å². The lowest BCUT2D eigenvalue weighted by atomic mass is 9.82. The van der Waals surface area contributed by atoms with Gasteiger partial charge in [0.2, 0.25) is 0 Å². The third kappa shape index (κ3) is 4.32. The van der Waals surface area contributed by atoms with E-state index in [1.165, 1.54) is 83.7 Å². The molecule has 11 rings (SSSR count). The lowest BCUT2D eigenvalue weighted by Gasteiger charge is -2.26. The average molecular weight is 741 g/mol. The van der Waals surface area contributed by atoms with Crippen molar-refractivity contribution in [3.8, 4) is 44.8 Å². The van der Waals surface area contributed by atoms with E-state index in [2.05, 4.69) is 143 Å². The van der Waals surface area contributed by atoms with E-state index in [0.29, 0.717) is 0 Å². The zero-order valence-corrected chi connectivity index (χ0v) is 32.3. The second-order valence-corrected chi connectivity index (χ2v) is 19.1. The Labute approximate surface area is 321 Å². The summed E-state index contributed by atoms with van der Waals surface area (Å²) in [6, 6.07) is 42.8. The summed E-state index contributed by atoms with van der Waals surface area (Å²) in [6.07, 6.45) is 1.75. The molecule has 0 atom stereocenters. The first-order valence-electron chi connectivity index (χ1n) is 17.6. The van der Waals surface area contributed by atoms with E-state index in [9.17, 15) is 0 Å². The Hall–Kier alpha value is -4.20. The van der Waals surface area contributed by atoms with Crippen LogP contribution in [0.5, 0.6) is 0 Å². The molecule has 2 nitrogen and oxygen atoms in total. The van der Waals surface area contributed by atoms with Crippen molar-refractivity contribution in [3.05, 3.63) is 144 Å². The fourth-order valence-corrected chi connectivity index (χ4v) is 13.9. The van der Waals surface area contributed by atoms with Crippen LogP contribution in [0.25, 0.3) is 44.8 Å². The highest BCUT2D eigenvalue weighted by Crippen LogP contribution is 2.61. The Morgan fingerprint density at radius 3 is 1.29 bits per heavy atom. The van der Waals surface area contributed by atoms with Crippen molar-refractivity contribution >= 4 is 47.0 Å². The number of hydrogen-bond acceptors (Lipinski definition) is 6. The summed E-state index contributed by atoms with van der Waals surface area (Å²) < 4.78 is 0. The molecule has 250 valence electrons. The molecule has 6 heteroatoms. The summed E-state index contributed by atoms with van der Waals surface area (Å²) in [5, 5.41) is 0. The maximum atomic E-state index is 4.92. The second-order valence-electron chi connectivity index (χ2n) is 14.9. The fourth-order valence-electron chi connectivity index (χ4n) is 8.75. The molecule has 0 saturated heterocycles. The van der Waals surface area contributed by atoms with Crippen LogP contribution in [-0.4, -0.2) is 9.97 Å². The number of fused-ring (bicyclic) bond motifs is 12. The van der Waals surface area contributed by atoms with Crippen LogP contribution in [-0.2, 0) is 10.8 Å². The van der Waals surface area contributed by atoms with Crippen LogP contribution in [0.1, 0.15) is 49.9 Å². The van der Waals surface area contributed by atoms with Crippen molar-refractivity contribution < 1.29 is 0 Å². The Morgan fingerprint density at radius 2 is 0.808 bits per heavy atom. The molecular formula is C46H32N2S4. The van der Waals surface area contributed by atoms with E-state index in [0.717, 1.165) is 22.5 Å². The molecular weight excluding hydrogens is 709 g/mol. The monoisotopic (exact) mass is 740 g/mol. The zero-order chi connectivity index (χ0) is 34.9. The van der Waals surface area contributed by atoms with E-state index in [4.69, 9.17) is 9.97 Å². The standard InChI is InChI=1S/C46H32N2S4/c1-45(2)29-15-7-5-11-25(29)39-31(45)19-21-37-43(39)51-41-27(13-9-17-35(41)49-37)33-23-34(48-24-47-33)28-14-10-18-36-42(28)52-44-38(50-36)22-20-32-40(44)26-12-6-8-16-30(26)46(32,3)4/h5-24H,1-4H3. The second kappa shape index (κ2) is 11.2. The Morgan fingerprint density at radius 1 is 0.385 bits per heavy atom. The summed E-state index contributed by atoms with van der Waals surface area (Å²) in [6.45, 7) is 9.43. The van der Waals surface area contributed by atoms with Crippen molar-refractivity contribution in [3.63, 3.8) is 0 Å². The van der Waals surface area contributed by atoms with Crippen molar-refractivity contribution in [2.75, 3.05) is 0 Å². The van der Waals surface area contributed by atoms with Gasteiger partial charge >= 0.3 is 0 Å². The number of hydrogen-bond donors (Lipinski definition) is 0. The van der Waals surface area contributed by atoms with Gasteiger partial charge in [-0.2, -0.15) is 0 Å². The van der Waals surface area contributed by atoms with Crippen LogP contribution in [0.2, 0.25) is 0 Å². The highest BCUT2D eigenvalue weighted by Gasteiger charge is 2.40. The van der Waals surface area contributed by atoms with Gasteiger partial charge in [0.25, 0.3) is 0 Å². The smallest absolute Gasteiger partial charge is 0.116 e. The third-order valence-corrected chi connectivity index (χ3v) is 16.7. The minimum Gasteiger partial charge on any atom is -0.236 e. The molecule has 4 aliphatic rings. The quantitative estimate of drug-likeness (QED) is 0.175. The minimum absolute atomic E-state index is 0.0289. The Balaban J connectivity index is 1.01. The summed E-state index contributed by atoms with van der Waals surface area (Å²) in [7, 11) is 0. The van der Waals surface area contributed by atoms with Crippen molar-refractivity contribution in [1.29, 1.82) is 0 Å². The van der Waals surface area contributed by atoms with Gasteiger partial charge in [0.1, 0.15) is 6.33 Å². The molecule has 0 N–H and O–H groups in total. The molecule has 6 aromatic carbocycles. The molecule has 0 amide bonds. The van der Waals surface area contributed by atoms with E-state index in [1.807, 2.05) is 47.0 Å². The van der Waals surface area contributed by atoms with Gasteiger partial charge in [0.15, 0.2) is 0 Å². The molecule has 52 heavy (non-hydrogen) atoms. The maximum absolute atomic E-state index is 4.92. The first-order chi connectivity index (χ1) is 25.3. The summed E-state index contributed by atoms with van der Waals surface area (Å²) >= 11 is 7.57. The number of nitrogens with zero attached hydrogens (tertiary/aromatic N) is 2. The fraction of sp³-hybridized carbons (Fsp3) is 0.130. The number of benzene rings is 6. The number of rotatable bonds is 2. The highest BCUT2D eigenvalue weighted by atomic mass is 32.2. The SMILES string of the molecule is CC1(C)c2ccccc2-c2c1ccc1c2Sc2c(cccc2-c2cc(-c3cccc4c3Sc3c(ccc5c3-c3ccccc3C5(C)C)S4)ncn2)S1. The zero-order valence-electron chi connectivity index (χ0n) is 29.1. The molecule has 2 aliphatic heterocycles. The minimum atomic E-state index is -0.0289. The van der Waals surface area contributed by atoms with Crippen LogP contribution >= 0.6 is 47.0 Å². The van der Waals surface area contributed by atoms with Crippen molar-refractivity contribution in [2.24, 2.45) is 0 Å². The summed E-state index contributed by atoms with van der Waals surface area (Å²) in [4.78, 5) is 20.3. The molecule has 0 unspecified atom stereocenters. The number of aromatic nitrogens is 2. The van der Waals surface area contributed by atoms with Crippen molar-refractivity contribution in [2.45, 2.75) is 77.7 Å². The molecule has 7 aromatic rings. The average Bonchev–Trinajstić information content (AvgIpc) is 3.56. The molecule has 2 aliphatic carbocycles. The van der Waals surface area contributed by atoms with Crippen LogP contribution in [0.4, 0.5) is 0 Å². The van der Waals surface area contributed by atoms with Gasteiger partial charge < -0.3 is 0 Å². The molecule has 0 saturated carbocycles. The Kier molecular flexibility index (Phi) is 6.72. The predicted octanol–water partition coefficient (Wildman–Crippen LogP) is 13.7. The first-order valence-corrected chi connectivity index (χ1v) is 20.9. The van der Waals surface area contributed by atoms with Gasteiger partial charge in [0, 0.05) is 72.2 Å². The lowest BCUT2D eigenvalue weighted by Crippen LogP contribution is -2.14. The van der Waals surface area contributed by atoms with Gasteiger partial charge in [-0.25, -0.2) is 9.97 Å². The normalized spacial score (nSPS) is 16.1. The van der Waals surface area contributed by atoms with E-state index in [1.54, 1.807) is 6.33 Å². The van der Waals surface area contributed by atoms with Gasteiger partial charge in [0.05, 0.1) is 11.4 Å². The van der Waals surface area contributed by atoms with E-state index in [-0.39, 0.29) is 10.8 Å². The first kappa shape index (κ1) is 31.3. The molecule has 0 spiro atoms. The van der Waals surface area contributed by atoms with Crippen LogP contribution in [0.3, 0.4) is 0 Å². The molecule has 0 radical (unpaired) electrons. The summed E-state index contributed by atoms with van der Waals surface area (Å²) in [5.41, 5.74) is 15.3. The van der Waals surface area contributed by atoms with Crippen LogP contribution < -0.4 is 0 Å². The predicted molar refractivity (Wildman–Crippen MR) is 217 cm³/mol. The highest BCUT2D eigenvalue weighted by molar-refractivity contribution is 8.05. The van der Waals surface area contributed by atoms with Gasteiger partial charge in [-0.05, 0) is 63.7 Å². The van der Waals surface area contributed by atoms with Crippen LogP contribution in [0, 0.1) is 0 Å². The summed E-state index contributed by atoms with van der Waals surface area (Å²) in [5.74, 6) is 0. The van der Waals surface area contributed by atoms with Crippen molar-refractivity contribution in [1.82, 2.24) is 9.97 Å². The molecule has 3 heterocycles. The topological polar surface area (TPSA) is 25.8 Å². The van der Waals surface area contributed by atoms with Gasteiger partial charge in [-0.3, -0.25) is 0 Å². The van der Waals surface area contributed by atoms with Crippen LogP contribution in [0.15, 0.2) is 161 Å². The Bertz CT molecular complexity index is 2530.